The summed E-state index contributed by atoms with van der Waals surface area (Å²) in [6.45, 7) is 4.35. The van der Waals surface area contributed by atoms with Gasteiger partial charge in [0.2, 0.25) is 23.6 Å². The van der Waals surface area contributed by atoms with E-state index in [0.29, 0.717) is 65.3 Å². The van der Waals surface area contributed by atoms with E-state index < -0.39 is 5.97 Å². The predicted molar refractivity (Wildman–Crippen MR) is 184 cm³/mol. The number of carbonyl (C=O) groups is 5. The fourth-order valence-corrected chi connectivity index (χ4v) is 4.76. The molecule has 14 heteroatoms. The number of aliphatic carboxylic acids is 1. The van der Waals surface area contributed by atoms with Crippen LogP contribution in [-0.2, 0) is 38.2 Å². The van der Waals surface area contributed by atoms with Crippen LogP contribution >= 0.6 is 0 Å². The lowest BCUT2D eigenvalue weighted by atomic mass is 10.0. The molecule has 280 valence electrons. The lowest BCUT2D eigenvalue weighted by Crippen LogP contribution is -2.34. The molecule has 48 heavy (non-hydrogen) atoms. The van der Waals surface area contributed by atoms with Crippen LogP contribution in [0, 0.1) is 0 Å². The zero-order valence-corrected chi connectivity index (χ0v) is 29.5. The van der Waals surface area contributed by atoms with Crippen molar-refractivity contribution in [3.05, 3.63) is 0 Å². The number of hydrogen-bond donors (Lipinski definition) is 6. The highest BCUT2D eigenvalue weighted by Crippen LogP contribution is 2.13. The van der Waals surface area contributed by atoms with Crippen molar-refractivity contribution in [1.29, 1.82) is 0 Å². The van der Waals surface area contributed by atoms with Gasteiger partial charge in [-0.25, -0.2) is 0 Å². The Kier molecular flexibility index (Phi) is 32.1. The molecule has 0 fully saturated rings. The zero-order valence-electron chi connectivity index (χ0n) is 29.5. The number of amides is 4. The lowest BCUT2D eigenvalue weighted by molar-refractivity contribution is -0.137. The van der Waals surface area contributed by atoms with Crippen molar-refractivity contribution in [3.8, 4) is 0 Å². The third-order valence-electron chi connectivity index (χ3n) is 7.50. The summed E-state index contributed by atoms with van der Waals surface area (Å²) in [5.74, 6) is -1.27. The van der Waals surface area contributed by atoms with Crippen LogP contribution in [0.3, 0.4) is 0 Å². The van der Waals surface area contributed by atoms with Crippen molar-refractivity contribution in [1.82, 2.24) is 21.3 Å². The average molecular weight is 688 g/mol. The second-order valence-corrected chi connectivity index (χ2v) is 12.0. The Morgan fingerprint density at radius 3 is 1.50 bits per heavy atom. The lowest BCUT2D eigenvalue weighted by Gasteiger charge is -2.14. The van der Waals surface area contributed by atoms with Crippen LogP contribution in [0.15, 0.2) is 0 Å². The number of unbranched alkanes of at least 4 members (excludes halogenated alkanes) is 12. The van der Waals surface area contributed by atoms with Gasteiger partial charge in [-0.15, -0.1) is 0 Å². The van der Waals surface area contributed by atoms with Gasteiger partial charge in [0.1, 0.15) is 6.61 Å². The fraction of sp³-hybridized carbons (Fsp3) is 0.853. The first-order valence-electron chi connectivity index (χ1n) is 18.0. The molecule has 0 aliphatic heterocycles. The maximum Gasteiger partial charge on any atom is 0.303 e. The van der Waals surface area contributed by atoms with Gasteiger partial charge in [0.05, 0.1) is 39.6 Å². The van der Waals surface area contributed by atoms with Crippen molar-refractivity contribution in [2.75, 3.05) is 65.8 Å². The first-order chi connectivity index (χ1) is 23.2. The van der Waals surface area contributed by atoms with E-state index in [-0.39, 0.29) is 55.8 Å². The van der Waals surface area contributed by atoms with E-state index in [0.717, 1.165) is 38.5 Å². The van der Waals surface area contributed by atoms with Crippen molar-refractivity contribution in [3.63, 3.8) is 0 Å². The van der Waals surface area contributed by atoms with Gasteiger partial charge in [0, 0.05) is 44.9 Å². The zero-order chi connectivity index (χ0) is 35.5. The maximum atomic E-state index is 12.2. The highest BCUT2D eigenvalue weighted by atomic mass is 16.5. The molecule has 0 saturated carbocycles. The number of ether oxygens (including phenoxy) is 3. The van der Waals surface area contributed by atoms with Gasteiger partial charge >= 0.3 is 5.97 Å². The summed E-state index contributed by atoms with van der Waals surface area (Å²) in [5.41, 5.74) is 5.18. The molecule has 0 aromatic rings. The van der Waals surface area contributed by atoms with Crippen molar-refractivity contribution in [2.24, 2.45) is 5.73 Å². The minimum atomic E-state index is -0.698. The highest BCUT2D eigenvalue weighted by molar-refractivity contribution is 5.78. The minimum Gasteiger partial charge on any atom is -0.481 e. The second kappa shape index (κ2) is 34.1. The van der Waals surface area contributed by atoms with Gasteiger partial charge in [-0.2, -0.15) is 0 Å². The maximum absolute atomic E-state index is 12.2. The molecular weight excluding hydrogens is 622 g/mol. The van der Waals surface area contributed by atoms with Gasteiger partial charge in [-0.3, -0.25) is 24.0 Å². The van der Waals surface area contributed by atoms with Crippen LogP contribution in [0.1, 0.15) is 116 Å². The Bertz CT molecular complexity index is 848. The van der Waals surface area contributed by atoms with Gasteiger partial charge in [0.15, 0.2) is 0 Å². The standard InChI is InChI=1S/C34H65N5O9/c1-29(39-31(41)15-13-11-9-7-5-3-2-4-6-8-10-12-14-16-34(44)45)17-18-30(40)36-19-24-47-25-26-48-28-33(43)38-21-23-46-22-20-37-32(42)27-35/h29H,2-28,35H2,1H3,(H,36,40)(H,37,42)(H,38,43)(H,39,41)(H,44,45)/t29-/m0/s1. The van der Waals surface area contributed by atoms with E-state index in [1.54, 1.807) is 0 Å². The van der Waals surface area contributed by atoms with E-state index in [4.69, 9.17) is 25.1 Å². The van der Waals surface area contributed by atoms with Gasteiger partial charge in [-0.05, 0) is 26.2 Å². The molecule has 0 bridgehead atoms. The molecule has 0 aliphatic rings. The molecule has 0 aromatic carbocycles. The number of nitrogens with two attached hydrogens (primary N) is 1. The Morgan fingerprint density at radius 1 is 0.542 bits per heavy atom. The normalized spacial score (nSPS) is 11.5. The monoisotopic (exact) mass is 687 g/mol. The molecule has 14 nitrogen and oxygen atoms in total. The molecule has 4 amide bonds. The average Bonchev–Trinajstić information content (AvgIpc) is 3.05. The third kappa shape index (κ3) is 34.5. The van der Waals surface area contributed by atoms with E-state index in [2.05, 4.69) is 21.3 Å². The number of hydrogen-bond acceptors (Lipinski definition) is 9. The first-order valence-corrected chi connectivity index (χ1v) is 18.0. The van der Waals surface area contributed by atoms with Crippen LogP contribution in [-0.4, -0.2) is 107 Å². The number of carbonyl (C=O) groups excluding carboxylic acids is 4. The fourth-order valence-electron chi connectivity index (χ4n) is 4.76. The Balaban J connectivity index is 3.47. The summed E-state index contributed by atoms with van der Waals surface area (Å²) in [4.78, 5) is 57.5. The predicted octanol–water partition coefficient (Wildman–Crippen LogP) is 2.56. The minimum absolute atomic E-state index is 0.0372. The van der Waals surface area contributed by atoms with Crippen LogP contribution in [0.2, 0.25) is 0 Å². The molecule has 1 atom stereocenters. The molecule has 0 heterocycles. The van der Waals surface area contributed by atoms with Crippen LogP contribution in [0.5, 0.6) is 0 Å². The van der Waals surface area contributed by atoms with Gasteiger partial charge in [0.25, 0.3) is 0 Å². The Hall–Kier alpha value is -2.81. The van der Waals surface area contributed by atoms with Gasteiger partial charge < -0.3 is 46.3 Å². The molecule has 0 spiro atoms. The van der Waals surface area contributed by atoms with Crippen molar-refractivity contribution < 1.29 is 43.3 Å². The number of carboxylic acids is 1. The SMILES string of the molecule is C[C@@H](CCC(=O)NCCOCCOCC(=O)NCCOCCNC(=O)CN)NC(=O)CCCCCCCCCCCCCCCC(=O)O. The Morgan fingerprint density at radius 2 is 0.979 bits per heavy atom. The smallest absolute Gasteiger partial charge is 0.303 e. The summed E-state index contributed by atoms with van der Waals surface area (Å²) in [7, 11) is 0. The number of nitrogens with one attached hydrogen (secondary N) is 4. The molecule has 0 aromatic heterocycles. The molecule has 0 rings (SSSR count). The van der Waals surface area contributed by atoms with Crippen molar-refractivity contribution in [2.45, 2.75) is 122 Å². The quantitative estimate of drug-likeness (QED) is 0.0537. The summed E-state index contributed by atoms with van der Waals surface area (Å²) in [6, 6.07) is -0.0677. The summed E-state index contributed by atoms with van der Waals surface area (Å²) < 4.78 is 16.0. The molecule has 0 unspecified atom stereocenters. The third-order valence-corrected chi connectivity index (χ3v) is 7.50. The van der Waals surface area contributed by atoms with Crippen LogP contribution in [0.25, 0.3) is 0 Å². The topological polar surface area (TPSA) is 207 Å². The molecule has 0 saturated heterocycles. The molecular formula is C34H65N5O9. The van der Waals surface area contributed by atoms with E-state index >= 15 is 0 Å². The molecule has 7 N–H and O–H groups in total. The molecule has 0 radical (unpaired) electrons. The summed E-state index contributed by atoms with van der Waals surface area (Å²) >= 11 is 0. The summed E-state index contributed by atoms with van der Waals surface area (Å²) in [5, 5.41) is 19.7. The Labute approximate surface area is 287 Å². The van der Waals surface area contributed by atoms with E-state index in [1.165, 1.54) is 44.9 Å². The molecule has 0 aliphatic carbocycles. The van der Waals surface area contributed by atoms with E-state index in [9.17, 15) is 24.0 Å². The van der Waals surface area contributed by atoms with Crippen molar-refractivity contribution >= 4 is 29.6 Å². The second-order valence-electron chi connectivity index (χ2n) is 12.0. The first kappa shape index (κ1) is 45.2. The van der Waals surface area contributed by atoms with Crippen LogP contribution in [0.4, 0.5) is 0 Å². The van der Waals surface area contributed by atoms with Crippen LogP contribution < -0.4 is 27.0 Å². The van der Waals surface area contributed by atoms with Gasteiger partial charge in [-0.1, -0.05) is 70.6 Å². The highest BCUT2D eigenvalue weighted by Gasteiger charge is 2.10. The van der Waals surface area contributed by atoms with E-state index in [1.807, 2.05) is 6.92 Å². The number of rotatable bonds is 35. The largest absolute Gasteiger partial charge is 0.481 e. The summed E-state index contributed by atoms with van der Waals surface area (Å²) in [6.07, 6.45) is 16.4. The number of carboxylic acid groups (broad SMARTS) is 1.